The van der Waals surface area contributed by atoms with Crippen LogP contribution in [0.25, 0.3) is 0 Å². The molecule has 2 heterocycles. The highest BCUT2D eigenvalue weighted by Crippen LogP contribution is 2.19. The number of H-pyrrole nitrogens is 1. The molecule has 3 N–H and O–H groups in total. The highest BCUT2D eigenvalue weighted by atomic mass is 16.1. The lowest BCUT2D eigenvalue weighted by Crippen LogP contribution is -2.47. The van der Waals surface area contributed by atoms with Crippen LogP contribution in [0.15, 0.2) is 29.1 Å². The van der Waals surface area contributed by atoms with E-state index in [1.807, 2.05) is 29.2 Å². The molecule has 2 aromatic rings. The first-order chi connectivity index (χ1) is 10.1. The average molecular weight is 286 g/mol. The van der Waals surface area contributed by atoms with E-state index in [1.165, 1.54) is 0 Å². The summed E-state index contributed by atoms with van der Waals surface area (Å²) in [5.74, 6) is 0.544. The molecule has 7 heteroatoms. The molecule has 0 radical (unpaired) electrons. The van der Waals surface area contributed by atoms with Crippen molar-refractivity contribution in [2.45, 2.75) is 6.92 Å². The van der Waals surface area contributed by atoms with E-state index in [9.17, 15) is 4.79 Å². The molecule has 1 aliphatic rings. The zero-order chi connectivity index (χ0) is 14.8. The molecule has 21 heavy (non-hydrogen) atoms. The van der Waals surface area contributed by atoms with Crippen LogP contribution < -0.4 is 21.1 Å². The van der Waals surface area contributed by atoms with Crippen molar-refractivity contribution in [1.29, 1.82) is 0 Å². The van der Waals surface area contributed by atoms with Crippen molar-refractivity contribution in [3.8, 4) is 0 Å². The van der Waals surface area contributed by atoms with E-state index in [1.54, 1.807) is 6.92 Å². The standard InChI is InChI=1S/C14H18N6O/c1-10-13(21)16-14(18-17-10)20-8-6-19(7-9-20)12-4-2-11(15)3-5-12/h2-5H,6-9,15H2,1H3,(H,16,18,21). The minimum Gasteiger partial charge on any atom is -0.399 e. The van der Waals surface area contributed by atoms with Gasteiger partial charge in [0.15, 0.2) is 0 Å². The van der Waals surface area contributed by atoms with Crippen LogP contribution in [-0.4, -0.2) is 41.4 Å². The summed E-state index contributed by atoms with van der Waals surface area (Å²) in [5, 5.41) is 7.94. The molecule has 7 nitrogen and oxygen atoms in total. The Balaban J connectivity index is 1.68. The van der Waals surface area contributed by atoms with E-state index < -0.39 is 0 Å². The Kier molecular flexibility index (Phi) is 3.47. The minimum atomic E-state index is -0.180. The summed E-state index contributed by atoms with van der Waals surface area (Å²) in [5.41, 5.74) is 7.84. The van der Waals surface area contributed by atoms with Gasteiger partial charge in [-0.25, -0.2) is 0 Å². The topological polar surface area (TPSA) is 91.1 Å². The van der Waals surface area contributed by atoms with Gasteiger partial charge in [-0.15, -0.1) is 10.2 Å². The Morgan fingerprint density at radius 2 is 1.67 bits per heavy atom. The number of aromatic amines is 1. The zero-order valence-corrected chi connectivity index (χ0v) is 11.9. The van der Waals surface area contributed by atoms with Crippen molar-refractivity contribution in [2.24, 2.45) is 0 Å². The average Bonchev–Trinajstić information content (AvgIpc) is 2.51. The molecule has 1 aromatic heterocycles. The fourth-order valence-electron chi connectivity index (χ4n) is 2.39. The van der Waals surface area contributed by atoms with Gasteiger partial charge in [0.2, 0.25) is 5.95 Å². The summed E-state index contributed by atoms with van der Waals surface area (Å²) in [4.78, 5) is 18.7. The molecule has 1 saturated heterocycles. The maximum absolute atomic E-state index is 11.6. The van der Waals surface area contributed by atoms with Crippen molar-refractivity contribution >= 4 is 17.3 Å². The number of hydrogen-bond acceptors (Lipinski definition) is 6. The number of nitrogens with zero attached hydrogens (tertiary/aromatic N) is 4. The molecule has 0 saturated carbocycles. The predicted molar refractivity (Wildman–Crippen MR) is 82.7 cm³/mol. The van der Waals surface area contributed by atoms with E-state index in [2.05, 4.69) is 20.1 Å². The van der Waals surface area contributed by atoms with E-state index in [0.29, 0.717) is 11.6 Å². The van der Waals surface area contributed by atoms with Crippen LogP contribution in [0, 0.1) is 6.92 Å². The van der Waals surface area contributed by atoms with Crippen LogP contribution in [0.1, 0.15) is 5.69 Å². The fraction of sp³-hybridized carbons (Fsp3) is 0.357. The molecule has 0 unspecified atom stereocenters. The van der Waals surface area contributed by atoms with Gasteiger partial charge in [0.05, 0.1) is 0 Å². The Bertz CT molecular complexity index is 673. The number of nitrogens with one attached hydrogen (secondary N) is 1. The third-order valence-corrected chi connectivity index (χ3v) is 3.69. The second-order valence-corrected chi connectivity index (χ2v) is 5.13. The van der Waals surface area contributed by atoms with Crippen molar-refractivity contribution in [1.82, 2.24) is 15.2 Å². The molecule has 0 bridgehead atoms. The number of aromatic nitrogens is 3. The van der Waals surface area contributed by atoms with Gasteiger partial charge in [0, 0.05) is 37.6 Å². The lowest BCUT2D eigenvalue weighted by molar-refractivity contribution is 0.632. The summed E-state index contributed by atoms with van der Waals surface area (Å²) < 4.78 is 0. The Hall–Kier alpha value is -2.57. The summed E-state index contributed by atoms with van der Waals surface area (Å²) in [7, 11) is 0. The second kappa shape index (κ2) is 5.43. The first-order valence-electron chi connectivity index (χ1n) is 6.92. The highest BCUT2D eigenvalue weighted by Gasteiger charge is 2.19. The molecule has 0 atom stereocenters. The summed E-state index contributed by atoms with van der Waals surface area (Å²) in [6, 6.07) is 7.87. The van der Waals surface area contributed by atoms with Crippen molar-refractivity contribution < 1.29 is 0 Å². The van der Waals surface area contributed by atoms with Gasteiger partial charge >= 0.3 is 0 Å². The maximum Gasteiger partial charge on any atom is 0.273 e. The lowest BCUT2D eigenvalue weighted by atomic mass is 10.2. The Morgan fingerprint density at radius 1 is 1.05 bits per heavy atom. The van der Waals surface area contributed by atoms with Gasteiger partial charge in [-0.3, -0.25) is 9.78 Å². The van der Waals surface area contributed by atoms with Crippen LogP contribution in [0.3, 0.4) is 0 Å². The summed E-state index contributed by atoms with van der Waals surface area (Å²) in [6.07, 6.45) is 0. The number of anilines is 3. The molecule has 0 aliphatic carbocycles. The van der Waals surface area contributed by atoms with Gasteiger partial charge in [0.25, 0.3) is 5.56 Å². The predicted octanol–water partition coefficient (Wildman–Crippen LogP) is 0.382. The normalized spacial score (nSPS) is 15.3. The largest absolute Gasteiger partial charge is 0.399 e. The van der Waals surface area contributed by atoms with Gasteiger partial charge in [-0.05, 0) is 31.2 Å². The van der Waals surface area contributed by atoms with E-state index in [0.717, 1.165) is 37.6 Å². The second-order valence-electron chi connectivity index (χ2n) is 5.13. The Morgan fingerprint density at radius 3 is 2.29 bits per heavy atom. The number of rotatable bonds is 2. The van der Waals surface area contributed by atoms with Gasteiger partial charge < -0.3 is 15.5 Å². The van der Waals surface area contributed by atoms with E-state index >= 15 is 0 Å². The minimum absolute atomic E-state index is 0.180. The monoisotopic (exact) mass is 286 g/mol. The highest BCUT2D eigenvalue weighted by molar-refractivity contribution is 5.54. The molecule has 1 fully saturated rings. The molecule has 1 aliphatic heterocycles. The quantitative estimate of drug-likeness (QED) is 0.776. The van der Waals surface area contributed by atoms with Crippen LogP contribution in [0.5, 0.6) is 0 Å². The number of benzene rings is 1. The molecule has 0 spiro atoms. The zero-order valence-electron chi connectivity index (χ0n) is 11.9. The molecule has 1 aromatic carbocycles. The third-order valence-electron chi connectivity index (χ3n) is 3.69. The molecular weight excluding hydrogens is 268 g/mol. The summed E-state index contributed by atoms with van der Waals surface area (Å²) in [6.45, 7) is 4.95. The number of nitrogens with two attached hydrogens (primary N) is 1. The number of aryl methyl sites for hydroxylation is 1. The fourth-order valence-corrected chi connectivity index (χ4v) is 2.39. The van der Waals surface area contributed by atoms with Gasteiger partial charge in [0.1, 0.15) is 5.69 Å². The van der Waals surface area contributed by atoms with Crippen molar-refractivity contribution in [3.05, 3.63) is 40.3 Å². The van der Waals surface area contributed by atoms with Crippen LogP contribution in [0.2, 0.25) is 0 Å². The Labute approximate surface area is 122 Å². The molecule has 3 rings (SSSR count). The number of nitrogen functional groups attached to an aromatic ring is 1. The third kappa shape index (κ3) is 2.81. The van der Waals surface area contributed by atoms with Crippen LogP contribution >= 0.6 is 0 Å². The first-order valence-corrected chi connectivity index (χ1v) is 6.92. The van der Waals surface area contributed by atoms with Gasteiger partial charge in [-0.1, -0.05) is 0 Å². The van der Waals surface area contributed by atoms with E-state index in [-0.39, 0.29) is 5.56 Å². The molecule has 110 valence electrons. The molecular formula is C14H18N6O. The van der Waals surface area contributed by atoms with E-state index in [4.69, 9.17) is 5.73 Å². The van der Waals surface area contributed by atoms with Crippen molar-refractivity contribution in [2.75, 3.05) is 41.7 Å². The van der Waals surface area contributed by atoms with Gasteiger partial charge in [-0.2, -0.15) is 0 Å². The smallest absolute Gasteiger partial charge is 0.273 e. The van der Waals surface area contributed by atoms with Crippen molar-refractivity contribution in [3.63, 3.8) is 0 Å². The first kappa shape index (κ1) is 13.4. The summed E-state index contributed by atoms with van der Waals surface area (Å²) >= 11 is 0. The van der Waals surface area contributed by atoms with Crippen LogP contribution in [-0.2, 0) is 0 Å². The number of piperazine rings is 1. The SMILES string of the molecule is Cc1nnc(N2CCN(c3ccc(N)cc3)CC2)[nH]c1=O. The maximum atomic E-state index is 11.6. The number of hydrogen-bond donors (Lipinski definition) is 2. The van der Waals surface area contributed by atoms with Crippen LogP contribution in [0.4, 0.5) is 17.3 Å². The lowest BCUT2D eigenvalue weighted by Gasteiger charge is -2.36. The molecule has 0 amide bonds.